The maximum atomic E-state index is 13.3. The number of hydrogen-bond acceptors (Lipinski definition) is 6. The molecule has 1 aliphatic carbocycles. The zero-order valence-corrected chi connectivity index (χ0v) is 23.5. The Bertz CT molecular complexity index is 1150. The van der Waals surface area contributed by atoms with Crippen molar-refractivity contribution in [2.75, 3.05) is 21.7 Å². The largest absolute Gasteiger partial charge is 0.414 e. The molecule has 2 heterocycles. The van der Waals surface area contributed by atoms with Crippen molar-refractivity contribution >= 4 is 43.4 Å². The van der Waals surface area contributed by atoms with Gasteiger partial charge < -0.3 is 9.74 Å². The summed E-state index contributed by atoms with van der Waals surface area (Å²) in [5, 5.41) is 13.5. The SMILES string of the molecule is CC(C)(C)[Si](C)(C)O[C@H]1CC[C@H](Nc2ncc3c(n2)N(CC#N)C(=O)N(c2ccccc2Cl)C3)CC1. The Balaban J connectivity index is 1.46. The Morgan fingerprint density at radius 1 is 1.22 bits per heavy atom. The summed E-state index contributed by atoms with van der Waals surface area (Å²) in [4.78, 5) is 25.5. The first-order valence-corrected chi connectivity index (χ1v) is 15.8. The lowest BCUT2D eigenvalue weighted by atomic mass is 9.93. The minimum absolute atomic E-state index is 0.112. The second kappa shape index (κ2) is 10.4. The molecule has 36 heavy (non-hydrogen) atoms. The van der Waals surface area contributed by atoms with Gasteiger partial charge >= 0.3 is 6.03 Å². The lowest BCUT2D eigenvalue weighted by Gasteiger charge is -2.41. The Morgan fingerprint density at radius 3 is 2.56 bits per heavy atom. The van der Waals surface area contributed by atoms with Crippen molar-refractivity contribution in [3.05, 3.63) is 41.0 Å². The molecule has 0 radical (unpaired) electrons. The number of halogens is 1. The van der Waals surface area contributed by atoms with Gasteiger partial charge in [-0.05, 0) is 55.9 Å². The first-order chi connectivity index (χ1) is 17.0. The third-order valence-corrected chi connectivity index (χ3v) is 12.4. The molecule has 4 rings (SSSR count). The third kappa shape index (κ3) is 5.51. The molecule has 1 fully saturated rings. The zero-order chi connectivity index (χ0) is 26.1. The highest BCUT2D eigenvalue weighted by Crippen LogP contribution is 2.39. The number of nitriles is 1. The topological polar surface area (TPSA) is 94.4 Å². The fourth-order valence-corrected chi connectivity index (χ4v) is 6.12. The number of nitrogens with zero attached hydrogens (tertiary/aromatic N) is 5. The highest BCUT2D eigenvalue weighted by atomic mass is 35.5. The van der Waals surface area contributed by atoms with Crippen LogP contribution in [0.3, 0.4) is 0 Å². The number of rotatable bonds is 6. The molecular formula is C26H35ClN6O2Si. The first kappa shape index (κ1) is 26.4. The van der Waals surface area contributed by atoms with Crippen LogP contribution < -0.4 is 15.1 Å². The number of fused-ring (bicyclic) bond motifs is 1. The summed E-state index contributed by atoms with van der Waals surface area (Å²) in [5.74, 6) is 0.946. The second-order valence-electron chi connectivity index (χ2n) is 11.1. The summed E-state index contributed by atoms with van der Waals surface area (Å²) in [6.07, 6.45) is 5.98. The predicted octanol–water partition coefficient (Wildman–Crippen LogP) is 6.35. The van der Waals surface area contributed by atoms with E-state index in [1.54, 1.807) is 23.2 Å². The van der Waals surface area contributed by atoms with Gasteiger partial charge in [0.05, 0.1) is 23.3 Å². The number of para-hydroxylation sites is 1. The van der Waals surface area contributed by atoms with E-state index in [0.29, 0.717) is 28.6 Å². The van der Waals surface area contributed by atoms with Gasteiger partial charge in [0.1, 0.15) is 12.4 Å². The van der Waals surface area contributed by atoms with Crippen molar-refractivity contribution in [3.63, 3.8) is 0 Å². The number of benzene rings is 1. The normalized spacial score (nSPS) is 20.6. The van der Waals surface area contributed by atoms with Crippen LogP contribution in [-0.2, 0) is 11.0 Å². The van der Waals surface area contributed by atoms with Gasteiger partial charge in [-0.3, -0.25) is 9.80 Å². The van der Waals surface area contributed by atoms with Gasteiger partial charge in [-0.15, -0.1) is 0 Å². The number of carbonyl (C=O) groups excluding carboxylic acids is 1. The molecule has 1 aromatic heterocycles. The Labute approximate surface area is 219 Å². The maximum Gasteiger partial charge on any atom is 0.331 e. The molecule has 0 spiro atoms. The average molecular weight is 527 g/mol. The van der Waals surface area contributed by atoms with E-state index in [1.807, 2.05) is 12.1 Å². The van der Waals surface area contributed by atoms with Crippen molar-refractivity contribution in [1.29, 1.82) is 5.26 Å². The summed E-state index contributed by atoms with van der Waals surface area (Å²) in [7, 11) is -1.78. The molecule has 0 atom stereocenters. The third-order valence-electron chi connectivity index (χ3n) is 7.53. The smallest absolute Gasteiger partial charge is 0.331 e. The summed E-state index contributed by atoms with van der Waals surface area (Å²) < 4.78 is 6.61. The van der Waals surface area contributed by atoms with Crippen molar-refractivity contribution in [2.24, 2.45) is 0 Å². The lowest BCUT2D eigenvalue weighted by molar-refractivity contribution is 0.133. The van der Waals surface area contributed by atoms with E-state index in [1.165, 1.54) is 4.90 Å². The van der Waals surface area contributed by atoms with Crippen molar-refractivity contribution in [3.8, 4) is 6.07 Å². The minimum atomic E-state index is -1.78. The molecule has 1 aromatic carbocycles. The summed E-state index contributed by atoms with van der Waals surface area (Å²) in [6, 6.07) is 9.17. The van der Waals surface area contributed by atoms with Crippen LogP contribution in [-0.4, -0.2) is 43.0 Å². The van der Waals surface area contributed by atoms with Crippen molar-refractivity contribution in [1.82, 2.24) is 9.97 Å². The zero-order valence-electron chi connectivity index (χ0n) is 21.7. The number of carbonyl (C=O) groups is 1. The average Bonchev–Trinajstić information content (AvgIpc) is 2.82. The van der Waals surface area contributed by atoms with Gasteiger partial charge in [0.2, 0.25) is 5.95 Å². The molecular weight excluding hydrogens is 492 g/mol. The molecule has 2 amide bonds. The van der Waals surface area contributed by atoms with Crippen LogP contribution in [0.1, 0.15) is 52.0 Å². The van der Waals surface area contributed by atoms with Gasteiger partial charge in [-0.2, -0.15) is 10.2 Å². The van der Waals surface area contributed by atoms with Crippen molar-refractivity contribution in [2.45, 2.75) is 83.3 Å². The predicted molar refractivity (Wildman–Crippen MR) is 146 cm³/mol. The molecule has 0 unspecified atom stereocenters. The van der Waals surface area contributed by atoms with Crippen LogP contribution in [0.5, 0.6) is 0 Å². The van der Waals surface area contributed by atoms with E-state index in [4.69, 9.17) is 16.0 Å². The molecule has 192 valence electrons. The Kier molecular flexibility index (Phi) is 7.60. The van der Waals surface area contributed by atoms with Gasteiger partial charge in [0.15, 0.2) is 8.32 Å². The summed E-state index contributed by atoms with van der Waals surface area (Å²) >= 11 is 6.35. The first-order valence-electron chi connectivity index (χ1n) is 12.5. The van der Waals surface area contributed by atoms with E-state index in [2.05, 4.69) is 55.2 Å². The number of urea groups is 1. The van der Waals surface area contributed by atoms with E-state index >= 15 is 0 Å². The molecule has 2 aliphatic rings. The second-order valence-corrected chi connectivity index (χ2v) is 16.3. The Hall–Kier alpha value is -2.67. The van der Waals surface area contributed by atoms with Crippen molar-refractivity contribution < 1.29 is 9.22 Å². The standard InChI is InChI=1S/C26H35ClN6O2Si/c1-26(2,3)36(4,5)35-20-12-10-19(11-13-20)30-24-29-16-18-17-33(22-9-7-6-8-21(22)27)25(34)32(15-14-28)23(18)31-24/h6-9,16,19-20H,10-13,15,17H2,1-5H3,(H,29,30,31)/t19-,20-. The minimum Gasteiger partial charge on any atom is -0.414 e. The summed E-state index contributed by atoms with van der Waals surface area (Å²) in [6.45, 7) is 11.6. The highest BCUT2D eigenvalue weighted by Gasteiger charge is 2.40. The van der Waals surface area contributed by atoms with Crippen LogP contribution in [0.15, 0.2) is 30.5 Å². The van der Waals surface area contributed by atoms with Crippen LogP contribution in [0.25, 0.3) is 0 Å². The maximum absolute atomic E-state index is 13.3. The van der Waals surface area contributed by atoms with E-state index < -0.39 is 8.32 Å². The van der Waals surface area contributed by atoms with Gasteiger partial charge in [-0.1, -0.05) is 44.5 Å². The number of anilines is 3. The van der Waals surface area contributed by atoms with E-state index in [-0.39, 0.29) is 30.2 Å². The van der Waals surface area contributed by atoms with Crippen LogP contribution in [0.4, 0.5) is 22.2 Å². The fraction of sp³-hybridized carbons (Fsp3) is 0.538. The lowest BCUT2D eigenvalue weighted by Crippen LogP contribution is -2.48. The van der Waals surface area contributed by atoms with Crippen LogP contribution >= 0.6 is 11.6 Å². The highest BCUT2D eigenvalue weighted by molar-refractivity contribution is 6.74. The molecule has 1 aliphatic heterocycles. The fourth-order valence-electron chi connectivity index (χ4n) is 4.46. The quantitative estimate of drug-likeness (QED) is 0.348. The van der Waals surface area contributed by atoms with Gasteiger partial charge in [0, 0.05) is 23.9 Å². The molecule has 8 nitrogen and oxygen atoms in total. The van der Waals surface area contributed by atoms with Crippen LogP contribution in [0, 0.1) is 11.3 Å². The Morgan fingerprint density at radius 2 is 1.92 bits per heavy atom. The van der Waals surface area contributed by atoms with E-state index in [9.17, 15) is 10.1 Å². The van der Waals surface area contributed by atoms with Crippen LogP contribution in [0.2, 0.25) is 23.2 Å². The number of amides is 2. The molecule has 0 bridgehead atoms. The van der Waals surface area contributed by atoms with E-state index in [0.717, 1.165) is 31.2 Å². The molecule has 1 N–H and O–H groups in total. The molecule has 1 saturated carbocycles. The summed E-state index contributed by atoms with van der Waals surface area (Å²) in [5.41, 5.74) is 1.36. The molecule has 2 aromatic rings. The van der Waals surface area contributed by atoms with Gasteiger partial charge in [-0.25, -0.2) is 9.78 Å². The number of hydrogen-bond donors (Lipinski definition) is 1. The number of nitrogens with one attached hydrogen (secondary N) is 1. The van der Waals surface area contributed by atoms with Gasteiger partial charge in [0.25, 0.3) is 0 Å². The number of aromatic nitrogens is 2. The monoisotopic (exact) mass is 526 g/mol. The molecule has 10 heteroatoms. The molecule has 0 saturated heterocycles.